The summed E-state index contributed by atoms with van der Waals surface area (Å²) in [6, 6.07) is 10.0. The van der Waals surface area contributed by atoms with Crippen LogP contribution in [0.25, 0.3) is 0 Å². The molecule has 0 aliphatic carbocycles. The lowest BCUT2D eigenvalue weighted by atomic mass is 10.1. The molecule has 0 bridgehead atoms. The van der Waals surface area contributed by atoms with E-state index in [9.17, 15) is 18.8 Å². The second kappa shape index (κ2) is 8.72. The second-order valence-electron chi connectivity index (χ2n) is 6.59. The lowest BCUT2D eigenvalue weighted by Gasteiger charge is -2.15. The molecule has 0 fully saturated rings. The van der Waals surface area contributed by atoms with Crippen molar-refractivity contribution >= 4 is 23.4 Å². The van der Waals surface area contributed by atoms with Gasteiger partial charge in [0.15, 0.2) is 5.82 Å². The molecule has 0 spiro atoms. The topological polar surface area (TPSA) is 87.7 Å². The molecule has 0 radical (unpaired) electrons. The Morgan fingerprint density at radius 1 is 1.17 bits per heavy atom. The molecule has 3 amide bonds. The van der Waals surface area contributed by atoms with Crippen molar-refractivity contribution in [2.45, 2.75) is 26.5 Å². The van der Waals surface area contributed by atoms with E-state index in [1.807, 2.05) is 0 Å². The average Bonchev–Trinajstić information content (AvgIpc) is 3.03. The normalized spacial score (nSPS) is 12.5. The summed E-state index contributed by atoms with van der Waals surface area (Å²) < 4.78 is 20.2. The highest BCUT2D eigenvalue weighted by molar-refractivity contribution is 6.02. The minimum Gasteiger partial charge on any atom is -0.488 e. The van der Waals surface area contributed by atoms with Crippen LogP contribution < -0.4 is 15.4 Å². The third-order valence-corrected chi connectivity index (χ3v) is 4.67. The van der Waals surface area contributed by atoms with Crippen LogP contribution in [0.4, 0.5) is 10.1 Å². The predicted octanol–water partition coefficient (Wildman–Crippen LogP) is 2.46. The fourth-order valence-corrected chi connectivity index (χ4v) is 3.12. The molecule has 2 aromatic rings. The Hall–Kier alpha value is -3.42. The summed E-state index contributed by atoms with van der Waals surface area (Å²) in [5.74, 6) is -1.18. The van der Waals surface area contributed by atoms with Gasteiger partial charge in [-0.2, -0.15) is 0 Å². The summed E-state index contributed by atoms with van der Waals surface area (Å²) in [4.78, 5) is 37.2. The van der Waals surface area contributed by atoms with Crippen LogP contribution in [0.15, 0.2) is 36.4 Å². The van der Waals surface area contributed by atoms with Crippen molar-refractivity contribution in [3.05, 3.63) is 58.9 Å². The van der Waals surface area contributed by atoms with E-state index in [0.29, 0.717) is 28.1 Å². The number of carbonyl (C=O) groups excluding carboxylic acids is 3. The van der Waals surface area contributed by atoms with Crippen molar-refractivity contribution in [2.75, 3.05) is 18.9 Å². The number of hydrogen-bond donors (Lipinski definition) is 2. The summed E-state index contributed by atoms with van der Waals surface area (Å²) >= 11 is 0. The van der Waals surface area contributed by atoms with Crippen LogP contribution >= 0.6 is 0 Å². The van der Waals surface area contributed by atoms with Gasteiger partial charge in [-0.1, -0.05) is 25.1 Å². The fraction of sp³-hybridized carbons (Fsp3) is 0.286. The van der Waals surface area contributed by atoms with E-state index >= 15 is 0 Å². The Morgan fingerprint density at radius 3 is 2.66 bits per heavy atom. The van der Waals surface area contributed by atoms with Gasteiger partial charge in [-0.05, 0) is 18.2 Å². The van der Waals surface area contributed by atoms with Crippen LogP contribution in [0.5, 0.6) is 5.75 Å². The zero-order valence-corrected chi connectivity index (χ0v) is 16.3. The molecule has 0 saturated carbocycles. The molecule has 7 nitrogen and oxygen atoms in total. The summed E-state index contributed by atoms with van der Waals surface area (Å²) in [7, 11) is 1.64. The highest BCUT2D eigenvalue weighted by atomic mass is 19.1. The number of hydrogen-bond acceptors (Lipinski definition) is 5. The molecule has 0 atom stereocenters. The Bertz CT molecular complexity index is 961. The van der Waals surface area contributed by atoms with E-state index in [2.05, 4.69) is 10.6 Å². The number of nitrogens with zero attached hydrogens (tertiary/aromatic N) is 1. The first kappa shape index (κ1) is 20.3. The molecule has 1 aliphatic rings. The van der Waals surface area contributed by atoms with Gasteiger partial charge < -0.3 is 15.0 Å². The first-order valence-electron chi connectivity index (χ1n) is 9.26. The van der Waals surface area contributed by atoms with Gasteiger partial charge >= 0.3 is 0 Å². The molecule has 0 unspecified atom stereocenters. The van der Waals surface area contributed by atoms with Crippen molar-refractivity contribution in [3.8, 4) is 5.75 Å². The van der Waals surface area contributed by atoms with Crippen molar-refractivity contribution in [1.82, 2.24) is 10.2 Å². The Kier molecular flexibility index (Phi) is 6.11. The third-order valence-electron chi connectivity index (χ3n) is 4.67. The lowest BCUT2D eigenvalue weighted by molar-refractivity contribution is -0.130. The molecule has 3 rings (SSSR count). The Morgan fingerprint density at radius 2 is 1.93 bits per heavy atom. The third kappa shape index (κ3) is 4.37. The number of imide groups is 1. The number of benzene rings is 2. The number of anilines is 1. The molecule has 0 aromatic heterocycles. The lowest BCUT2D eigenvalue weighted by Crippen LogP contribution is -2.39. The van der Waals surface area contributed by atoms with Gasteiger partial charge in [-0.3, -0.25) is 19.7 Å². The first-order valence-corrected chi connectivity index (χ1v) is 9.26. The molecular formula is C21H22FN3O4. The first-order chi connectivity index (χ1) is 13.9. The number of fused-ring (bicyclic) bond motifs is 1. The summed E-state index contributed by atoms with van der Waals surface area (Å²) in [5.41, 5.74) is 1.82. The zero-order chi connectivity index (χ0) is 21.0. The maximum absolute atomic E-state index is 14.4. The smallest absolute Gasteiger partial charge is 0.255 e. The number of nitrogens with one attached hydrogen (secondary N) is 2. The van der Waals surface area contributed by atoms with E-state index in [-0.39, 0.29) is 32.0 Å². The molecule has 2 aromatic carbocycles. The SMILES string of the molecule is CCC(=O)NC(=O)CN1Cc2c(OCc3cccc(NC)c3F)cccc2C1=O. The van der Waals surface area contributed by atoms with Crippen LogP contribution in [-0.2, 0) is 22.7 Å². The summed E-state index contributed by atoms with van der Waals surface area (Å²) in [5, 5.41) is 5.01. The molecular weight excluding hydrogens is 377 g/mol. The molecule has 2 N–H and O–H groups in total. The monoisotopic (exact) mass is 399 g/mol. The van der Waals surface area contributed by atoms with Crippen molar-refractivity contribution in [2.24, 2.45) is 0 Å². The molecule has 0 saturated heterocycles. The van der Waals surface area contributed by atoms with Crippen LogP contribution in [0.1, 0.15) is 34.8 Å². The number of rotatable bonds is 7. The van der Waals surface area contributed by atoms with Crippen LogP contribution in [0.2, 0.25) is 0 Å². The summed E-state index contributed by atoms with van der Waals surface area (Å²) in [6.45, 7) is 1.59. The fourth-order valence-electron chi connectivity index (χ4n) is 3.12. The van der Waals surface area contributed by atoms with Crippen molar-refractivity contribution in [3.63, 3.8) is 0 Å². The molecule has 1 aliphatic heterocycles. The average molecular weight is 399 g/mol. The highest BCUT2D eigenvalue weighted by Gasteiger charge is 2.31. The molecule has 29 heavy (non-hydrogen) atoms. The summed E-state index contributed by atoms with van der Waals surface area (Å²) in [6.07, 6.45) is 0.184. The Labute approximate surface area is 167 Å². The van der Waals surface area contributed by atoms with Crippen LogP contribution in [0.3, 0.4) is 0 Å². The van der Waals surface area contributed by atoms with Crippen molar-refractivity contribution < 1.29 is 23.5 Å². The minimum absolute atomic E-state index is 0.00249. The zero-order valence-electron chi connectivity index (χ0n) is 16.3. The van der Waals surface area contributed by atoms with Gasteiger partial charge in [0.1, 0.15) is 18.9 Å². The van der Waals surface area contributed by atoms with E-state index < -0.39 is 17.6 Å². The van der Waals surface area contributed by atoms with E-state index in [1.54, 1.807) is 50.4 Å². The quantitative estimate of drug-likeness (QED) is 0.747. The van der Waals surface area contributed by atoms with Gasteiger partial charge in [0.05, 0.1) is 12.2 Å². The van der Waals surface area contributed by atoms with Gasteiger partial charge in [0.25, 0.3) is 5.91 Å². The van der Waals surface area contributed by atoms with Gasteiger partial charge in [-0.25, -0.2) is 4.39 Å². The maximum atomic E-state index is 14.4. The van der Waals surface area contributed by atoms with Gasteiger partial charge in [0.2, 0.25) is 11.8 Å². The number of carbonyl (C=O) groups is 3. The standard InChI is InChI=1S/C21H22FN3O4/c1-3-18(26)24-19(27)11-25-10-15-14(21(25)28)7-5-9-17(15)29-12-13-6-4-8-16(23-2)20(13)22/h4-9,23H,3,10-12H2,1-2H3,(H,24,26,27). The maximum Gasteiger partial charge on any atom is 0.255 e. The number of halogens is 1. The second-order valence-corrected chi connectivity index (χ2v) is 6.59. The van der Waals surface area contributed by atoms with E-state index in [1.165, 1.54) is 4.90 Å². The van der Waals surface area contributed by atoms with E-state index in [4.69, 9.17) is 4.74 Å². The van der Waals surface area contributed by atoms with Gasteiger partial charge in [0, 0.05) is 30.2 Å². The van der Waals surface area contributed by atoms with Crippen LogP contribution in [0, 0.1) is 5.82 Å². The highest BCUT2D eigenvalue weighted by Crippen LogP contribution is 2.31. The molecule has 152 valence electrons. The predicted molar refractivity (Wildman–Crippen MR) is 105 cm³/mol. The molecule has 1 heterocycles. The minimum atomic E-state index is -0.536. The van der Waals surface area contributed by atoms with Crippen LogP contribution in [-0.4, -0.2) is 36.2 Å². The van der Waals surface area contributed by atoms with Crippen molar-refractivity contribution in [1.29, 1.82) is 0 Å². The molecule has 8 heteroatoms. The van der Waals surface area contributed by atoms with E-state index in [0.717, 1.165) is 0 Å². The van der Waals surface area contributed by atoms with Gasteiger partial charge in [-0.15, -0.1) is 0 Å². The largest absolute Gasteiger partial charge is 0.488 e. The Balaban J connectivity index is 1.72. The number of amides is 3. The number of ether oxygens (including phenoxy) is 1.